The van der Waals surface area contributed by atoms with E-state index < -0.39 is 0 Å². The molecule has 0 atom stereocenters. The largest absolute Gasteiger partial charge is 0.493 e. The lowest BCUT2D eigenvalue weighted by molar-refractivity contribution is 0.355. The monoisotopic (exact) mass is 304 g/mol. The number of fused-ring (bicyclic) bond motifs is 1. The van der Waals surface area contributed by atoms with E-state index >= 15 is 0 Å². The summed E-state index contributed by atoms with van der Waals surface area (Å²) in [5.74, 6) is 1.35. The molecule has 0 aliphatic rings. The van der Waals surface area contributed by atoms with E-state index in [4.69, 9.17) is 21.7 Å². The Morgan fingerprint density at radius 2 is 1.95 bits per heavy atom. The summed E-state index contributed by atoms with van der Waals surface area (Å²) in [6.45, 7) is 0.606. The van der Waals surface area contributed by atoms with Crippen molar-refractivity contribution < 1.29 is 9.47 Å². The molecule has 0 saturated heterocycles. The Morgan fingerprint density at radius 3 is 2.57 bits per heavy atom. The third-order valence-electron chi connectivity index (χ3n) is 3.37. The second kappa shape index (κ2) is 5.25. The maximum absolute atomic E-state index is 5.41. The topological polar surface area (TPSA) is 57.0 Å². The quantitative estimate of drug-likeness (QED) is 0.752. The van der Waals surface area contributed by atoms with Crippen LogP contribution >= 0.6 is 12.2 Å². The van der Waals surface area contributed by atoms with Crippen molar-refractivity contribution in [1.29, 1.82) is 0 Å². The molecule has 0 saturated carbocycles. The van der Waals surface area contributed by atoms with Crippen LogP contribution in [-0.4, -0.2) is 33.6 Å². The molecule has 1 aromatic carbocycles. The van der Waals surface area contributed by atoms with Gasteiger partial charge in [0.2, 0.25) is 0 Å². The molecular weight excluding hydrogens is 288 g/mol. The molecule has 0 aliphatic heterocycles. The normalized spacial score (nSPS) is 11.0. The predicted octanol–water partition coefficient (Wildman–Crippen LogP) is 2.50. The molecule has 7 heteroatoms. The molecule has 110 valence electrons. The molecule has 0 amide bonds. The number of methoxy groups -OCH3 is 2. The van der Waals surface area contributed by atoms with Gasteiger partial charge in [0.15, 0.2) is 16.3 Å². The zero-order chi connectivity index (χ0) is 15.0. The smallest absolute Gasteiger partial charge is 0.178 e. The lowest BCUT2D eigenvalue weighted by Gasteiger charge is -2.08. The number of ether oxygens (including phenoxy) is 2. The van der Waals surface area contributed by atoms with E-state index in [2.05, 4.69) is 10.1 Å². The van der Waals surface area contributed by atoms with Crippen molar-refractivity contribution in [1.82, 2.24) is 19.3 Å². The first kappa shape index (κ1) is 13.7. The van der Waals surface area contributed by atoms with Gasteiger partial charge in [0.25, 0.3) is 0 Å². The first-order valence-corrected chi connectivity index (χ1v) is 6.86. The molecule has 3 rings (SSSR count). The Labute approximate surface area is 126 Å². The van der Waals surface area contributed by atoms with E-state index in [0.717, 1.165) is 16.7 Å². The number of benzene rings is 1. The van der Waals surface area contributed by atoms with Crippen molar-refractivity contribution in [3.8, 4) is 11.5 Å². The third kappa shape index (κ3) is 2.40. The van der Waals surface area contributed by atoms with Crippen LogP contribution in [0.15, 0.2) is 24.4 Å². The van der Waals surface area contributed by atoms with Gasteiger partial charge in [-0.25, -0.2) is 0 Å². The number of imidazole rings is 1. The average molecular weight is 304 g/mol. The molecule has 0 radical (unpaired) electrons. The highest BCUT2D eigenvalue weighted by Gasteiger charge is 2.12. The number of H-pyrrole nitrogens is 1. The van der Waals surface area contributed by atoms with Crippen molar-refractivity contribution in [3.05, 3.63) is 34.9 Å². The number of aromatic amines is 1. The Balaban J connectivity index is 2.13. The van der Waals surface area contributed by atoms with Gasteiger partial charge in [-0.05, 0) is 18.3 Å². The number of nitrogens with one attached hydrogen (secondary N) is 1. The van der Waals surface area contributed by atoms with Gasteiger partial charge in [0, 0.05) is 25.4 Å². The van der Waals surface area contributed by atoms with Crippen molar-refractivity contribution >= 4 is 23.3 Å². The summed E-state index contributed by atoms with van der Waals surface area (Å²) in [4.78, 5) is 3.19. The van der Waals surface area contributed by atoms with E-state index in [-0.39, 0.29) is 0 Å². The lowest BCUT2D eigenvalue weighted by Crippen LogP contribution is -2.01. The molecule has 2 aromatic heterocycles. The van der Waals surface area contributed by atoms with Crippen LogP contribution in [0.2, 0.25) is 0 Å². The Hall–Kier alpha value is -2.28. The van der Waals surface area contributed by atoms with Crippen molar-refractivity contribution in [2.45, 2.75) is 6.54 Å². The van der Waals surface area contributed by atoms with E-state index in [1.807, 2.05) is 36.0 Å². The van der Waals surface area contributed by atoms with E-state index in [0.29, 0.717) is 22.8 Å². The van der Waals surface area contributed by atoms with Crippen LogP contribution in [0, 0.1) is 4.77 Å². The summed E-state index contributed by atoms with van der Waals surface area (Å²) >= 11 is 5.41. The fraction of sp³-hybridized carbons (Fsp3) is 0.286. The minimum Gasteiger partial charge on any atom is -0.493 e. The van der Waals surface area contributed by atoms with Crippen LogP contribution in [0.4, 0.5) is 0 Å². The van der Waals surface area contributed by atoms with Gasteiger partial charge in [-0.15, -0.1) is 0 Å². The van der Waals surface area contributed by atoms with E-state index in [9.17, 15) is 0 Å². The van der Waals surface area contributed by atoms with Crippen LogP contribution in [-0.2, 0) is 13.6 Å². The van der Waals surface area contributed by atoms with Gasteiger partial charge in [-0.2, -0.15) is 5.10 Å². The van der Waals surface area contributed by atoms with Gasteiger partial charge in [-0.3, -0.25) is 4.68 Å². The van der Waals surface area contributed by atoms with Crippen LogP contribution in [0.1, 0.15) is 5.69 Å². The van der Waals surface area contributed by atoms with Crippen molar-refractivity contribution in [2.75, 3.05) is 14.2 Å². The average Bonchev–Trinajstić information content (AvgIpc) is 3.02. The van der Waals surface area contributed by atoms with Crippen molar-refractivity contribution in [3.63, 3.8) is 0 Å². The summed E-state index contributed by atoms with van der Waals surface area (Å²) in [5, 5.41) is 4.39. The second-order valence-electron chi connectivity index (χ2n) is 4.72. The fourth-order valence-corrected chi connectivity index (χ4v) is 2.62. The third-order valence-corrected chi connectivity index (χ3v) is 3.69. The standard InChI is InChI=1S/C14H16N4O2S/c1-17-5-4-9(16-17)8-18-11-7-13(20-3)12(19-2)6-10(11)15-14(18)21/h4-7H,8H2,1-3H3,(H,15,21). The highest BCUT2D eigenvalue weighted by molar-refractivity contribution is 7.71. The summed E-state index contributed by atoms with van der Waals surface area (Å²) in [5.41, 5.74) is 2.82. The Kier molecular flexibility index (Phi) is 3.42. The summed E-state index contributed by atoms with van der Waals surface area (Å²) < 4.78 is 15.1. The zero-order valence-corrected chi connectivity index (χ0v) is 12.9. The molecular formula is C14H16N4O2S. The number of hydrogen-bond donors (Lipinski definition) is 1. The zero-order valence-electron chi connectivity index (χ0n) is 12.1. The van der Waals surface area contributed by atoms with Gasteiger partial charge < -0.3 is 19.0 Å². The molecule has 0 spiro atoms. The summed E-state index contributed by atoms with van der Waals surface area (Å²) in [7, 11) is 5.13. The van der Waals surface area contributed by atoms with Crippen LogP contribution in [0.5, 0.6) is 11.5 Å². The molecule has 6 nitrogen and oxygen atoms in total. The predicted molar refractivity (Wildman–Crippen MR) is 82.5 cm³/mol. The minimum absolute atomic E-state index is 0.606. The van der Waals surface area contributed by atoms with Crippen LogP contribution < -0.4 is 9.47 Å². The Bertz CT molecular complexity index is 846. The van der Waals surface area contributed by atoms with Gasteiger partial charge >= 0.3 is 0 Å². The molecule has 3 aromatic rings. The first-order chi connectivity index (χ1) is 10.1. The summed E-state index contributed by atoms with van der Waals surface area (Å²) in [6, 6.07) is 5.78. The molecule has 0 bridgehead atoms. The fourth-order valence-electron chi connectivity index (χ4n) is 2.35. The highest BCUT2D eigenvalue weighted by atomic mass is 32.1. The molecule has 0 unspecified atom stereocenters. The van der Waals surface area contributed by atoms with Gasteiger partial charge in [-0.1, -0.05) is 0 Å². The number of hydrogen-bond acceptors (Lipinski definition) is 4. The number of rotatable bonds is 4. The SMILES string of the molecule is COc1cc2[nH]c(=S)n(Cc3ccn(C)n3)c2cc1OC. The van der Waals surface area contributed by atoms with E-state index in [1.54, 1.807) is 18.9 Å². The number of aryl methyl sites for hydroxylation is 1. The van der Waals surface area contributed by atoms with Crippen LogP contribution in [0.25, 0.3) is 11.0 Å². The van der Waals surface area contributed by atoms with Crippen LogP contribution in [0.3, 0.4) is 0 Å². The minimum atomic E-state index is 0.606. The van der Waals surface area contributed by atoms with Gasteiger partial charge in [0.05, 0.1) is 37.5 Å². The van der Waals surface area contributed by atoms with E-state index in [1.165, 1.54) is 0 Å². The Morgan fingerprint density at radius 1 is 1.24 bits per heavy atom. The maximum atomic E-state index is 5.41. The van der Waals surface area contributed by atoms with Crippen molar-refractivity contribution in [2.24, 2.45) is 7.05 Å². The number of aromatic nitrogens is 4. The molecule has 1 N–H and O–H groups in total. The van der Waals surface area contributed by atoms with Gasteiger partial charge in [0.1, 0.15) is 0 Å². The second-order valence-corrected chi connectivity index (χ2v) is 5.11. The first-order valence-electron chi connectivity index (χ1n) is 6.45. The molecule has 0 fully saturated rings. The maximum Gasteiger partial charge on any atom is 0.178 e. The lowest BCUT2D eigenvalue weighted by atomic mass is 10.2. The summed E-state index contributed by atoms with van der Waals surface area (Å²) in [6.07, 6.45) is 1.91. The number of nitrogens with zero attached hydrogens (tertiary/aromatic N) is 3. The molecule has 0 aliphatic carbocycles. The highest BCUT2D eigenvalue weighted by Crippen LogP contribution is 2.32. The molecule has 2 heterocycles. The molecule has 21 heavy (non-hydrogen) atoms.